The second-order valence-corrected chi connectivity index (χ2v) is 18.1. The van der Waals surface area contributed by atoms with Crippen LogP contribution in [0.5, 0.6) is 0 Å². The molecular weight excluding hydrogens is 823 g/mol. The van der Waals surface area contributed by atoms with E-state index in [4.69, 9.17) is 0 Å². The summed E-state index contributed by atoms with van der Waals surface area (Å²) in [4.78, 5) is 8.07. The predicted octanol–water partition coefficient (Wildman–Crippen LogP) is 17.4. The summed E-state index contributed by atoms with van der Waals surface area (Å²) < 4.78 is 0. The van der Waals surface area contributed by atoms with Crippen molar-refractivity contribution in [2.75, 3.05) is 14.7 Å². The first-order chi connectivity index (χ1) is 33.7. The van der Waals surface area contributed by atoms with Gasteiger partial charge in [-0.3, -0.25) is 14.7 Å². The van der Waals surface area contributed by atoms with Crippen molar-refractivity contribution in [2.45, 2.75) is 31.0 Å². The van der Waals surface area contributed by atoms with Crippen molar-refractivity contribution in [3.63, 3.8) is 0 Å². The normalized spacial score (nSPS) is 15.2. The van der Waals surface area contributed by atoms with E-state index < -0.39 is 5.79 Å². The maximum Gasteiger partial charge on any atom is 0.206 e. The molecule has 0 N–H and O–H groups in total. The van der Waals surface area contributed by atoms with E-state index >= 15 is 0 Å². The van der Waals surface area contributed by atoms with Gasteiger partial charge in [-0.2, -0.15) is 0 Å². The van der Waals surface area contributed by atoms with E-state index in [1.54, 1.807) is 0 Å². The van der Waals surface area contributed by atoms with Crippen molar-refractivity contribution >= 4 is 34.1 Å². The number of benzene rings is 10. The zero-order valence-electron chi connectivity index (χ0n) is 38.1. The number of anilines is 6. The van der Waals surface area contributed by atoms with Crippen molar-refractivity contribution < 1.29 is 0 Å². The lowest BCUT2D eigenvalue weighted by molar-refractivity contribution is 0.339. The van der Waals surface area contributed by atoms with Crippen LogP contribution in [-0.4, -0.2) is 5.79 Å². The lowest BCUT2D eigenvalue weighted by atomic mass is 9.73. The van der Waals surface area contributed by atoms with E-state index in [0.29, 0.717) is 0 Å². The smallest absolute Gasteiger partial charge is 0.206 e. The molecule has 0 saturated carbocycles. The molecule has 0 radical (unpaired) electrons. The zero-order chi connectivity index (χ0) is 45.4. The minimum atomic E-state index is -0.863. The van der Waals surface area contributed by atoms with Crippen LogP contribution in [0.4, 0.5) is 34.1 Å². The van der Waals surface area contributed by atoms with Gasteiger partial charge in [0.1, 0.15) is 0 Å². The maximum atomic E-state index is 2.70. The van der Waals surface area contributed by atoms with Crippen LogP contribution in [0.15, 0.2) is 267 Å². The molecule has 0 saturated heterocycles. The quantitative estimate of drug-likeness (QED) is 0.143. The molecule has 0 bridgehead atoms. The topological polar surface area (TPSA) is 9.72 Å². The lowest BCUT2D eigenvalue weighted by Gasteiger charge is -2.58. The molecule has 10 aromatic carbocycles. The van der Waals surface area contributed by atoms with E-state index in [0.717, 1.165) is 34.9 Å². The minimum Gasteiger partial charge on any atom is -0.300 e. The van der Waals surface area contributed by atoms with Crippen LogP contribution >= 0.6 is 0 Å². The highest BCUT2D eigenvalue weighted by atomic mass is 15.6. The number of fused-ring (bicyclic) bond motifs is 2. The Hall–Kier alpha value is -8.40. The van der Waals surface area contributed by atoms with Crippen LogP contribution in [0.2, 0.25) is 0 Å². The van der Waals surface area contributed by atoms with E-state index in [1.165, 1.54) is 61.3 Å². The maximum absolute atomic E-state index is 2.70. The van der Waals surface area contributed by atoms with Gasteiger partial charge in [0, 0.05) is 29.2 Å². The zero-order valence-corrected chi connectivity index (χ0v) is 38.1. The van der Waals surface area contributed by atoms with Gasteiger partial charge >= 0.3 is 0 Å². The third-order valence-electron chi connectivity index (χ3n) is 14.3. The molecule has 2 aliphatic heterocycles. The SMILES string of the molecule is CC(c1ccccc1)C1CC2(N(c3ccccc3)c3cc(-c4ccccc4)c(-c4ccccc4)cc31)N(c1ccccc1)c1cc(-c3ccccc3)c(-c3ccccc3)cc1N2c1ccccc1. The van der Waals surface area contributed by atoms with Crippen molar-refractivity contribution in [3.8, 4) is 44.5 Å². The summed E-state index contributed by atoms with van der Waals surface area (Å²) in [6.07, 6.45) is 0.754. The Bertz CT molecular complexity index is 3200. The van der Waals surface area contributed by atoms with Gasteiger partial charge in [-0.15, -0.1) is 0 Å². The lowest BCUT2D eigenvalue weighted by Crippen LogP contribution is -2.66. The van der Waals surface area contributed by atoms with Crippen molar-refractivity contribution in [3.05, 3.63) is 278 Å². The van der Waals surface area contributed by atoms with Crippen molar-refractivity contribution in [2.24, 2.45) is 0 Å². The molecule has 0 amide bonds. The summed E-state index contributed by atoms with van der Waals surface area (Å²) in [7, 11) is 0. The second kappa shape index (κ2) is 17.4. The fourth-order valence-corrected chi connectivity index (χ4v) is 11.2. The third-order valence-corrected chi connectivity index (χ3v) is 14.3. The summed E-state index contributed by atoms with van der Waals surface area (Å²) in [5.74, 6) is -0.651. The molecule has 68 heavy (non-hydrogen) atoms. The van der Waals surface area contributed by atoms with Gasteiger partial charge in [-0.1, -0.05) is 213 Å². The monoisotopic (exact) mass is 873 g/mol. The molecule has 0 aromatic heterocycles. The largest absolute Gasteiger partial charge is 0.300 e. The molecule has 0 aliphatic carbocycles. The van der Waals surface area contributed by atoms with Crippen LogP contribution in [0, 0.1) is 0 Å². The number of hydrogen-bond donors (Lipinski definition) is 0. The highest BCUT2D eigenvalue weighted by molar-refractivity contribution is 6.01. The van der Waals surface area contributed by atoms with Gasteiger partial charge in [-0.05, 0) is 128 Å². The first-order valence-electron chi connectivity index (χ1n) is 23.9. The molecule has 2 heterocycles. The van der Waals surface area contributed by atoms with E-state index in [-0.39, 0.29) is 11.8 Å². The van der Waals surface area contributed by atoms with Gasteiger partial charge in [0.05, 0.1) is 11.4 Å². The minimum absolute atomic E-state index is 0.0635. The Morgan fingerprint density at radius 2 is 0.618 bits per heavy atom. The molecule has 0 fully saturated rings. The Morgan fingerprint density at radius 3 is 0.971 bits per heavy atom. The van der Waals surface area contributed by atoms with Crippen LogP contribution < -0.4 is 14.7 Å². The van der Waals surface area contributed by atoms with E-state index in [2.05, 4.69) is 289 Å². The highest BCUT2D eigenvalue weighted by Crippen LogP contribution is 2.65. The van der Waals surface area contributed by atoms with Gasteiger partial charge < -0.3 is 0 Å². The number of hydrogen-bond acceptors (Lipinski definition) is 3. The van der Waals surface area contributed by atoms with Crippen LogP contribution in [0.3, 0.4) is 0 Å². The van der Waals surface area contributed by atoms with Crippen molar-refractivity contribution in [1.29, 1.82) is 0 Å². The molecule has 2 aliphatic rings. The third kappa shape index (κ3) is 6.98. The molecule has 326 valence electrons. The molecule has 2 atom stereocenters. The molecule has 2 unspecified atom stereocenters. The highest BCUT2D eigenvalue weighted by Gasteiger charge is 2.60. The van der Waals surface area contributed by atoms with Crippen LogP contribution in [0.25, 0.3) is 44.5 Å². The Labute approximate surface area is 400 Å². The summed E-state index contributed by atoms with van der Waals surface area (Å²) in [6, 6.07) is 98.4. The number of rotatable bonds is 9. The average molecular weight is 874 g/mol. The first kappa shape index (κ1) is 41.1. The predicted molar refractivity (Wildman–Crippen MR) is 285 cm³/mol. The molecule has 12 rings (SSSR count). The number of nitrogens with zero attached hydrogens (tertiary/aromatic N) is 3. The molecule has 10 aromatic rings. The standard InChI is InChI=1S/C65H51N3/c1-47(48-26-10-2-11-27-48)61-46-65(66(53-36-20-7-21-37-53)62-43-57(50-30-14-4-15-31-50)56(42-60(61)62)49-28-12-3-13-29-49)67(54-38-22-8-23-39-54)63-44-58(51-32-16-5-17-33-51)59(52-34-18-6-19-35-52)45-64(63)68(65)55-40-24-9-25-41-55/h2-45,47,61H,46H2,1H3. The van der Waals surface area contributed by atoms with Gasteiger partial charge in [-0.25, -0.2) is 0 Å². The molecule has 1 spiro atoms. The molecule has 3 nitrogen and oxygen atoms in total. The fourth-order valence-electron chi connectivity index (χ4n) is 11.2. The van der Waals surface area contributed by atoms with Gasteiger partial charge in [0.15, 0.2) is 0 Å². The molecule has 3 heteroatoms. The average Bonchev–Trinajstić information content (AvgIpc) is 3.70. The second-order valence-electron chi connectivity index (χ2n) is 18.1. The first-order valence-corrected chi connectivity index (χ1v) is 23.9. The molecular formula is C65H51N3. The summed E-state index contributed by atoms with van der Waals surface area (Å²) in [5, 5.41) is 0. The Kier molecular flexibility index (Phi) is 10.5. The van der Waals surface area contributed by atoms with Gasteiger partial charge in [0.25, 0.3) is 0 Å². The van der Waals surface area contributed by atoms with E-state index in [9.17, 15) is 0 Å². The number of para-hydroxylation sites is 3. The van der Waals surface area contributed by atoms with Crippen LogP contribution in [0.1, 0.15) is 36.3 Å². The fraction of sp³-hybridized carbons (Fsp3) is 0.0769. The Morgan fingerprint density at radius 1 is 0.338 bits per heavy atom. The summed E-state index contributed by atoms with van der Waals surface area (Å²) in [6.45, 7) is 2.45. The van der Waals surface area contributed by atoms with E-state index in [1.807, 2.05) is 0 Å². The summed E-state index contributed by atoms with van der Waals surface area (Å²) >= 11 is 0. The van der Waals surface area contributed by atoms with Crippen LogP contribution in [-0.2, 0) is 0 Å². The van der Waals surface area contributed by atoms with Gasteiger partial charge in [0.2, 0.25) is 5.79 Å². The van der Waals surface area contributed by atoms with Crippen molar-refractivity contribution in [1.82, 2.24) is 0 Å². The Balaban J connectivity index is 1.25. The summed E-state index contributed by atoms with van der Waals surface area (Å²) in [5.41, 5.74) is 19.1.